The standard InChI is InChI=1S/C17H17BrF3N3O/c18-14-3-1-12(15(9-14)24-5-7-25-8-6-24)10-22-16-4-2-13(11-23-16)17(19,20)21/h1-4,9,11H,5-8,10H2,(H,22,23). The molecular weight excluding hydrogens is 399 g/mol. The molecule has 1 aliphatic heterocycles. The number of morpholine rings is 1. The van der Waals surface area contributed by atoms with Gasteiger partial charge in [0, 0.05) is 36.0 Å². The molecule has 0 radical (unpaired) electrons. The van der Waals surface area contributed by atoms with E-state index in [1.807, 2.05) is 18.2 Å². The highest BCUT2D eigenvalue weighted by atomic mass is 79.9. The Morgan fingerprint density at radius 1 is 1.16 bits per heavy atom. The summed E-state index contributed by atoms with van der Waals surface area (Å²) in [4.78, 5) is 6.09. The van der Waals surface area contributed by atoms with E-state index in [9.17, 15) is 13.2 Å². The molecule has 2 heterocycles. The third-order valence-electron chi connectivity index (χ3n) is 3.95. The SMILES string of the molecule is FC(F)(F)c1ccc(NCc2ccc(Br)cc2N2CCOCC2)nc1. The predicted molar refractivity (Wildman–Crippen MR) is 93.7 cm³/mol. The first kappa shape index (κ1) is 18.0. The Hall–Kier alpha value is -1.80. The molecule has 0 atom stereocenters. The van der Waals surface area contributed by atoms with Crippen molar-refractivity contribution in [2.75, 3.05) is 36.5 Å². The summed E-state index contributed by atoms with van der Waals surface area (Å²) < 4.78 is 44.1. The van der Waals surface area contributed by atoms with Gasteiger partial charge in [0.1, 0.15) is 5.82 Å². The molecule has 1 aromatic carbocycles. The maximum Gasteiger partial charge on any atom is 0.417 e. The Labute approximate surface area is 152 Å². The van der Waals surface area contributed by atoms with E-state index in [1.54, 1.807) is 0 Å². The molecule has 2 aromatic rings. The number of aromatic nitrogens is 1. The summed E-state index contributed by atoms with van der Waals surface area (Å²) in [6.07, 6.45) is -3.53. The summed E-state index contributed by atoms with van der Waals surface area (Å²) in [7, 11) is 0. The lowest BCUT2D eigenvalue weighted by atomic mass is 10.1. The molecule has 0 unspecified atom stereocenters. The van der Waals surface area contributed by atoms with Gasteiger partial charge in [-0.25, -0.2) is 4.98 Å². The second-order valence-corrected chi connectivity index (χ2v) is 6.57. The van der Waals surface area contributed by atoms with Crippen LogP contribution < -0.4 is 10.2 Å². The van der Waals surface area contributed by atoms with Crippen molar-refractivity contribution in [3.8, 4) is 0 Å². The number of rotatable bonds is 4. The molecule has 4 nitrogen and oxygen atoms in total. The first-order valence-corrected chi connectivity index (χ1v) is 8.61. The molecule has 1 saturated heterocycles. The monoisotopic (exact) mass is 415 g/mol. The Morgan fingerprint density at radius 2 is 1.92 bits per heavy atom. The van der Waals surface area contributed by atoms with Crippen LogP contribution in [0.15, 0.2) is 41.0 Å². The van der Waals surface area contributed by atoms with Crippen LogP contribution in [0.25, 0.3) is 0 Å². The topological polar surface area (TPSA) is 37.4 Å². The van der Waals surface area contributed by atoms with E-state index in [1.165, 1.54) is 6.07 Å². The van der Waals surface area contributed by atoms with Crippen molar-refractivity contribution in [3.63, 3.8) is 0 Å². The number of ether oxygens (including phenoxy) is 1. The first-order valence-electron chi connectivity index (χ1n) is 7.82. The van der Waals surface area contributed by atoms with Crippen molar-refractivity contribution in [3.05, 3.63) is 52.1 Å². The summed E-state index contributed by atoms with van der Waals surface area (Å²) in [5.74, 6) is 0.406. The van der Waals surface area contributed by atoms with Gasteiger partial charge in [-0.2, -0.15) is 13.2 Å². The van der Waals surface area contributed by atoms with Crippen molar-refractivity contribution >= 4 is 27.4 Å². The average Bonchev–Trinajstić information content (AvgIpc) is 2.61. The zero-order valence-corrected chi connectivity index (χ0v) is 14.9. The third-order valence-corrected chi connectivity index (χ3v) is 4.44. The second kappa shape index (κ2) is 7.61. The van der Waals surface area contributed by atoms with Gasteiger partial charge in [-0.05, 0) is 29.8 Å². The van der Waals surface area contributed by atoms with Crippen molar-refractivity contribution in [2.24, 2.45) is 0 Å². The van der Waals surface area contributed by atoms with Gasteiger partial charge < -0.3 is 15.0 Å². The van der Waals surface area contributed by atoms with Gasteiger partial charge in [0.2, 0.25) is 0 Å². The van der Waals surface area contributed by atoms with E-state index in [2.05, 4.69) is 31.1 Å². The van der Waals surface area contributed by atoms with Gasteiger partial charge in [-0.3, -0.25) is 0 Å². The largest absolute Gasteiger partial charge is 0.417 e. The van der Waals surface area contributed by atoms with Crippen LogP contribution in [0.2, 0.25) is 0 Å². The van der Waals surface area contributed by atoms with Gasteiger partial charge in [0.05, 0.1) is 18.8 Å². The minimum absolute atomic E-state index is 0.406. The molecule has 1 N–H and O–H groups in total. The van der Waals surface area contributed by atoms with Crippen LogP contribution in [0.5, 0.6) is 0 Å². The van der Waals surface area contributed by atoms with Crippen LogP contribution in [0.1, 0.15) is 11.1 Å². The fraction of sp³-hybridized carbons (Fsp3) is 0.353. The Morgan fingerprint density at radius 3 is 2.56 bits per heavy atom. The van der Waals surface area contributed by atoms with Crippen molar-refractivity contribution in [2.45, 2.75) is 12.7 Å². The number of hydrogen-bond acceptors (Lipinski definition) is 4. The van der Waals surface area contributed by atoms with Crippen LogP contribution in [-0.2, 0) is 17.5 Å². The van der Waals surface area contributed by atoms with Gasteiger partial charge >= 0.3 is 6.18 Å². The van der Waals surface area contributed by atoms with Crippen molar-refractivity contribution < 1.29 is 17.9 Å². The van der Waals surface area contributed by atoms with Crippen molar-refractivity contribution in [1.29, 1.82) is 0 Å². The number of alkyl halides is 3. The molecule has 134 valence electrons. The molecule has 0 aliphatic carbocycles. The summed E-state index contributed by atoms with van der Waals surface area (Å²) in [6.45, 7) is 3.45. The second-order valence-electron chi connectivity index (χ2n) is 5.66. The zero-order chi connectivity index (χ0) is 17.9. The molecule has 25 heavy (non-hydrogen) atoms. The number of pyridine rings is 1. The fourth-order valence-corrected chi connectivity index (χ4v) is 2.99. The van der Waals surface area contributed by atoms with Crippen LogP contribution >= 0.6 is 15.9 Å². The van der Waals surface area contributed by atoms with E-state index in [0.717, 1.165) is 41.1 Å². The normalized spacial score (nSPS) is 15.3. The number of nitrogens with zero attached hydrogens (tertiary/aromatic N) is 2. The average molecular weight is 416 g/mol. The Kier molecular flexibility index (Phi) is 5.48. The summed E-state index contributed by atoms with van der Waals surface area (Å²) in [6, 6.07) is 8.35. The van der Waals surface area contributed by atoms with Crippen LogP contribution in [0.3, 0.4) is 0 Å². The molecule has 0 bridgehead atoms. The number of halogens is 4. The lowest BCUT2D eigenvalue weighted by Crippen LogP contribution is -2.36. The van der Waals surface area contributed by atoms with Gasteiger partial charge in [-0.15, -0.1) is 0 Å². The Balaban J connectivity index is 1.72. The lowest BCUT2D eigenvalue weighted by molar-refractivity contribution is -0.137. The molecule has 1 aliphatic rings. The van der Waals surface area contributed by atoms with Gasteiger partial charge in [0.25, 0.3) is 0 Å². The van der Waals surface area contributed by atoms with Crippen LogP contribution in [0, 0.1) is 0 Å². The minimum Gasteiger partial charge on any atom is -0.378 e. The van der Waals surface area contributed by atoms with E-state index in [4.69, 9.17) is 4.74 Å². The first-order chi connectivity index (χ1) is 11.9. The molecule has 0 saturated carbocycles. The van der Waals surface area contributed by atoms with Crippen molar-refractivity contribution in [1.82, 2.24) is 4.98 Å². The highest BCUT2D eigenvalue weighted by molar-refractivity contribution is 9.10. The van der Waals surface area contributed by atoms with Gasteiger partial charge in [-0.1, -0.05) is 22.0 Å². The summed E-state index contributed by atoms with van der Waals surface area (Å²) in [5.41, 5.74) is 1.37. The zero-order valence-electron chi connectivity index (χ0n) is 13.3. The number of nitrogens with one attached hydrogen (secondary N) is 1. The highest BCUT2D eigenvalue weighted by Gasteiger charge is 2.30. The predicted octanol–water partition coefficient (Wildman–Crippen LogP) is 4.31. The maximum absolute atomic E-state index is 12.6. The molecule has 1 fully saturated rings. The van der Waals surface area contributed by atoms with E-state index >= 15 is 0 Å². The minimum atomic E-state index is -4.37. The van der Waals surface area contributed by atoms with Crippen LogP contribution in [0.4, 0.5) is 24.7 Å². The molecule has 1 aromatic heterocycles. The third kappa shape index (κ3) is 4.64. The summed E-state index contributed by atoms with van der Waals surface area (Å²) in [5, 5.41) is 3.09. The fourth-order valence-electron chi connectivity index (χ4n) is 2.64. The lowest BCUT2D eigenvalue weighted by Gasteiger charge is -2.31. The van der Waals surface area contributed by atoms with E-state index < -0.39 is 11.7 Å². The van der Waals surface area contributed by atoms with E-state index in [0.29, 0.717) is 25.6 Å². The Bertz CT molecular complexity index is 716. The maximum atomic E-state index is 12.6. The quantitative estimate of drug-likeness (QED) is 0.806. The van der Waals surface area contributed by atoms with Gasteiger partial charge in [0.15, 0.2) is 0 Å². The molecular formula is C17H17BrF3N3O. The molecule has 0 spiro atoms. The highest BCUT2D eigenvalue weighted by Crippen LogP contribution is 2.29. The molecule has 3 rings (SSSR count). The number of benzene rings is 1. The summed E-state index contributed by atoms with van der Waals surface area (Å²) >= 11 is 3.49. The number of hydrogen-bond donors (Lipinski definition) is 1. The van der Waals surface area contributed by atoms with E-state index in [-0.39, 0.29) is 0 Å². The number of anilines is 2. The van der Waals surface area contributed by atoms with Crippen LogP contribution in [-0.4, -0.2) is 31.3 Å². The molecule has 8 heteroatoms. The molecule has 0 amide bonds. The smallest absolute Gasteiger partial charge is 0.378 e.